The number of rotatable bonds is 4. The van der Waals surface area contributed by atoms with Crippen molar-refractivity contribution in [2.45, 2.75) is 27.2 Å². The van der Waals surface area contributed by atoms with Crippen LogP contribution in [0.4, 0.5) is 5.69 Å². The zero-order valence-corrected chi connectivity index (χ0v) is 16.2. The number of fused-ring (bicyclic) bond motifs is 1. The lowest BCUT2D eigenvalue weighted by atomic mass is 10.1. The molecule has 1 amide bonds. The number of nitrogens with zero attached hydrogens (tertiary/aromatic N) is 4. The lowest BCUT2D eigenvalue weighted by Crippen LogP contribution is -2.12. The zero-order valence-electron chi connectivity index (χ0n) is 15.4. The summed E-state index contributed by atoms with van der Waals surface area (Å²) in [7, 11) is 0. The third kappa shape index (κ3) is 3.33. The van der Waals surface area contributed by atoms with Crippen LogP contribution in [0, 0.1) is 13.8 Å². The molecule has 0 saturated carbocycles. The molecule has 6 nitrogen and oxygen atoms in total. The van der Waals surface area contributed by atoms with Gasteiger partial charge >= 0.3 is 0 Å². The second-order valence-electron chi connectivity index (χ2n) is 6.41. The number of nitrogens with one attached hydrogen (secondary N) is 1. The quantitative estimate of drug-likeness (QED) is 0.576. The van der Waals surface area contributed by atoms with Gasteiger partial charge in [-0.3, -0.25) is 4.79 Å². The number of hydrogen-bond acceptors (Lipinski definition) is 5. The van der Waals surface area contributed by atoms with Crippen LogP contribution in [0.5, 0.6) is 0 Å². The molecule has 4 rings (SSSR count). The molecule has 0 aliphatic rings. The molecule has 0 bridgehead atoms. The summed E-state index contributed by atoms with van der Waals surface area (Å²) in [5.74, 6) is 0.716. The van der Waals surface area contributed by atoms with Gasteiger partial charge in [0, 0.05) is 23.2 Å². The molecule has 1 N–H and O–H groups in total. The van der Waals surface area contributed by atoms with E-state index in [2.05, 4.69) is 20.6 Å². The first kappa shape index (κ1) is 17.4. The number of carbonyl (C=O) groups is 1. The van der Waals surface area contributed by atoms with E-state index in [0.717, 1.165) is 39.0 Å². The number of aromatic nitrogens is 4. The van der Waals surface area contributed by atoms with E-state index < -0.39 is 0 Å². The van der Waals surface area contributed by atoms with E-state index in [0.29, 0.717) is 5.56 Å². The van der Waals surface area contributed by atoms with E-state index in [1.165, 1.54) is 16.9 Å². The van der Waals surface area contributed by atoms with E-state index in [1.807, 2.05) is 63.2 Å². The van der Waals surface area contributed by atoms with Gasteiger partial charge in [-0.15, -0.1) is 10.2 Å². The van der Waals surface area contributed by atoms with Crippen LogP contribution in [0.25, 0.3) is 15.5 Å². The molecule has 2 aromatic carbocycles. The first-order valence-electron chi connectivity index (χ1n) is 8.75. The summed E-state index contributed by atoms with van der Waals surface area (Å²) in [5.41, 5.74) is 4.59. The van der Waals surface area contributed by atoms with Crippen molar-refractivity contribution in [1.82, 2.24) is 19.8 Å². The van der Waals surface area contributed by atoms with Crippen molar-refractivity contribution in [3.05, 3.63) is 65.0 Å². The van der Waals surface area contributed by atoms with Gasteiger partial charge in [-0.05, 0) is 49.2 Å². The fourth-order valence-corrected chi connectivity index (χ4v) is 3.67. The van der Waals surface area contributed by atoms with Gasteiger partial charge in [0.2, 0.25) is 4.96 Å². The van der Waals surface area contributed by atoms with Gasteiger partial charge in [0.1, 0.15) is 5.01 Å². The Balaban J connectivity index is 1.60. The highest BCUT2D eigenvalue weighted by Crippen LogP contribution is 2.27. The van der Waals surface area contributed by atoms with Gasteiger partial charge in [-0.2, -0.15) is 9.61 Å². The predicted molar refractivity (Wildman–Crippen MR) is 107 cm³/mol. The number of anilines is 1. The Hall–Kier alpha value is -3.06. The summed E-state index contributed by atoms with van der Waals surface area (Å²) in [6.07, 6.45) is 0.774. The summed E-state index contributed by atoms with van der Waals surface area (Å²) in [5, 5.41) is 16.7. The van der Waals surface area contributed by atoms with Crippen molar-refractivity contribution in [3.8, 4) is 10.6 Å². The normalized spacial score (nSPS) is 11.1. The average molecular weight is 377 g/mol. The molecular formula is C20H19N5OS. The van der Waals surface area contributed by atoms with Gasteiger partial charge in [-0.1, -0.05) is 36.5 Å². The molecule has 0 unspecified atom stereocenters. The molecule has 0 saturated heterocycles. The Kier molecular flexibility index (Phi) is 4.45. The Bertz CT molecular complexity index is 1140. The van der Waals surface area contributed by atoms with Crippen molar-refractivity contribution in [1.29, 1.82) is 0 Å². The van der Waals surface area contributed by atoms with Crippen LogP contribution in [0.2, 0.25) is 0 Å². The maximum absolute atomic E-state index is 12.6. The molecule has 0 atom stereocenters. The highest BCUT2D eigenvalue weighted by molar-refractivity contribution is 7.19. The summed E-state index contributed by atoms with van der Waals surface area (Å²) in [6.45, 7) is 6.06. The Morgan fingerprint density at radius 1 is 1.11 bits per heavy atom. The summed E-state index contributed by atoms with van der Waals surface area (Å²) in [6, 6.07) is 13.4. The number of hydrogen-bond donors (Lipinski definition) is 1. The van der Waals surface area contributed by atoms with Crippen LogP contribution >= 0.6 is 11.3 Å². The van der Waals surface area contributed by atoms with E-state index in [1.54, 1.807) is 4.52 Å². The summed E-state index contributed by atoms with van der Waals surface area (Å²) < 4.78 is 1.78. The second kappa shape index (κ2) is 6.92. The van der Waals surface area contributed by atoms with Crippen molar-refractivity contribution < 1.29 is 4.79 Å². The standard InChI is InChI=1S/C20H19N5OS/c1-4-17-22-23-20-25(17)24-19(27-20)15-6-5-7-16(11-15)21-18(26)14-9-8-12(2)13(3)10-14/h5-11H,4H2,1-3H3,(H,21,26). The monoisotopic (exact) mass is 377 g/mol. The van der Waals surface area contributed by atoms with Gasteiger partial charge in [0.25, 0.3) is 5.91 Å². The first-order chi connectivity index (χ1) is 13.0. The molecule has 7 heteroatoms. The minimum absolute atomic E-state index is 0.123. The Morgan fingerprint density at radius 3 is 2.74 bits per heavy atom. The third-order valence-electron chi connectivity index (χ3n) is 4.51. The van der Waals surface area contributed by atoms with Crippen LogP contribution in [0.15, 0.2) is 42.5 Å². The molecule has 4 aromatic rings. The van der Waals surface area contributed by atoms with Crippen LogP contribution in [-0.4, -0.2) is 25.7 Å². The molecule has 2 aromatic heterocycles. The Labute approximate surface area is 160 Å². The van der Waals surface area contributed by atoms with Gasteiger partial charge in [0.05, 0.1) is 0 Å². The lowest BCUT2D eigenvalue weighted by molar-refractivity contribution is 0.102. The molecule has 0 radical (unpaired) electrons. The molecule has 2 heterocycles. The lowest BCUT2D eigenvalue weighted by Gasteiger charge is -2.08. The van der Waals surface area contributed by atoms with Gasteiger partial charge in [-0.25, -0.2) is 0 Å². The fraction of sp³-hybridized carbons (Fsp3) is 0.200. The third-order valence-corrected chi connectivity index (χ3v) is 5.46. The van der Waals surface area contributed by atoms with E-state index >= 15 is 0 Å². The van der Waals surface area contributed by atoms with Gasteiger partial charge < -0.3 is 5.32 Å². The van der Waals surface area contributed by atoms with Crippen molar-refractivity contribution in [3.63, 3.8) is 0 Å². The molecule has 0 spiro atoms. The maximum atomic E-state index is 12.6. The predicted octanol–water partition coefficient (Wildman–Crippen LogP) is 4.28. The smallest absolute Gasteiger partial charge is 0.255 e. The summed E-state index contributed by atoms with van der Waals surface area (Å²) in [4.78, 5) is 13.3. The highest BCUT2D eigenvalue weighted by atomic mass is 32.1. The van der Waals surface area contributed by atoms with E-state index in [-0.39, 0.29) is 5.91 Å². The zero-order chi connectivity index (χ0) is 19.0. The van der Waals surface area contributed by atoms with Crippen LogP contribution in [0.1, 0.15) is 34.2 Å². The molecule has 27 heavy (non-hydrogen) atoms. The number of aryl methyl sites for hydroxylation is 3. The fourth-order valence-electron chi connectivity index (χ4n) is 2.81. The number of carbonyl (C=O) groups excluding carboxylic acids is 1. The van der Waals surface area contributed by atoms with Crippen LogP contribution in [0.3, 0.4) is 0 Å². The van der Waals surface area contributed by atoms with Crippen molar-refractivity contribution in [2.24, 2.45) is 0 Å². The molecule has 0 aliphatic carbocycles. The average Bonchev–Trinajstić information content (AvgIpc) is 3.24. The van der Waals surface area contributed by atoms with Gasteiger partial charge in [0.15, 0.2) is 5.82 Å². The molecule has 0 aliphatic heterocycles. The first-order valence-corrected chi connectivity index (χ1v) is 9.57. The van der Waals surface area contributed by atoms with E-state index in [4.69, 9.17) is 0 Å². The highest BCUT2D eigenvalue weighted by Gasteiger charge is 2.13. The number of benzene rings is 2. The SMILES string of the molecule is CCc1nnc2sc(-c3cccc(NC(=O)c4ccc(C)c(C)c4)c3)nn12. The van der Waals surface area contributed by atoms with Crippen LogP contribution < -0.4 is 5.32 Å². The Morgan fingerprint density at radius 2 is 1.96 bits per heavy atom. The minimum Gasteiger partial charge on any atom is -0.322 e. The van der Waals surface area contributed by atoms with Crippen molar-refractivity contribution in [2.75, 3.05) is 5.32 Å². The van der Waals surface area contributed by atoms with Crippen molar-refractivity contribution >= 4 is 27.9 Å². The number of amides is 1. The largest absolute Gasteiger partial charge is 0.322 e. The molecule has 0 fully saturated rings. The minimum atomic E-state index is -0.123. The topological polar surface area (TPSA) is 72.2 Å². The second-order valence-corrected chi connectivity index (χ2v) is 7.36. The summed E-state index contributed by atoms with van der Waals surface area (Å²) >= 11 is 1.48. The van der Waals surface area contributed by atoms with Crippen LogP contribution in [-0.2, 0) is 6.42 Å². The molecular weight excluding hydrogens is 358 g/mol. The van der Waals surface area contributed by atoms with E-state index in [9.17, 15) is 4.79 Å². The maximum Gasteiger partial charge on any atom is 0.255 e. The molecule has 136 valence electrons.